The highest BCUT2D eigenvalue weighted by Crippen LogP contribution is 2.53. The summed E-state index contributed by atoms with van der Waals surface area (Å²) in [6.07, 6.45) is 5.73. The standard InChI is InChI=1S/C23H26S/c1-6-9-19-21(7-2)24-22-18(17-14-12-16(3)13-15-17)10-8-11-20(22)23(19,4)5/h7-15H,6H2,1-5H3/b19-9+,21-7+. The van der Waals surface area contributed by atoms with Gasteiger partial charge in [0.25, 0.3) is 0 Å². The van der Waals surface area contributed by atoms with Crippen molar-refractivity contribution in [2.24, 2.45) is 0 Å². The number of allylic oxidation sites excluding steroid dienone is 3. The molecule has 0 unspecified atom stereocenters. The fourth-order valence-electron chi connectivity index (χ4n) is 3.49. The molecule has 1 aliphatic heterocycles. The lowest BCUT2D eigenvalue weighted by Crippen LogP contribution is -2.25. The Balaban J connectivity index is 2.23. The highest BCUT2D eigenvalue weighted by atomic mass is 32.2. The molecule has 0 atom stereocenters. The van der Waals surface area contributed by atoms with Crippen LogP contribution in [0.5, 0.6) is 0 Å². The Morgan fingerprint density at radius 1 is 1.04 bits per heavy atom. The molecule has 0 spiro atoms. The van der Waals surface area contributed by atoms with Crippen molar-refractivity contribution >= 4 is 11.8 Å². The second kappa shape index (κ2) is 6.64. The van der Waals surface area contributed by atoms with Crippen LogP contribution in [0.1, 0.15) is 45.2 Å². The Bertz CT molecular complexity index is 804. The summed E-state index contributed by atoms with van der Waals surface area (Å²) < 4.78 is 0. The van der Waals surface area contributed by atoms with Crippen LogP contribution >= 0.6 is 11.8 Å². The maximum Gasteiger partial charge on any atom is 0.0241 e. The summed E-state index contributed by atoms with van der Waals surface area (Å²) >= 11 is 1.93. The number of benzene rings is 2. The van der Waals surface area contributed by atoms with Crippen molar-refractivity contribution in [3.8, 4) is 11.1 Å². The van der Waals surface area contributed by atoms with Crippen molar-refractivity contribution in [3.05, 3.63) is 76.2 Å². The molecule has 1 aliphatic rings. The van der Waals surface area contributed by atoms with Crippen LogP contribution in [0.15, 0.2) is 70.0 Å². The molecule has 0 amide bonds. The zero-order chi connectivity index (χ0) is 17.3. The largest absolute Gasteiger partial charge is 0.0892 e. The lowest BCUT2D eigenvalue weighted by atomic mass is 9.75. The number of aryl methyl sites for hydroxylation is 1. The fraction of sp³-hybridized carbons (Fsp3) is 0.304. The monoisotopic (exact) mass is 334 g/mol. The van der Waals surface area contributed by atoms with E-state index in [1.54, 1.807) is 0 Å². The minimum Gasteiger partial charge on any atom is -0.0892 e. The summed E-state index contributed by atoms with van der Waals surface area (Å²) in [5, 5.41) is 0. The molecule has 0 aliphatic carbocycles. The van der Waals surface area contributed by atoms with Crippen molar-refractivity contribution in [1.29, 1.82) is 0 Å². The number of fused-ring (bicyclic) bond motifs is 1. The molecule has 24 heavy (non-hydrogen) atoms. The summed E-state index contributed by atoms with van der Waals surface area (Å²) in [7, 11) is 0. The summed E-state index contributed by atoms with van der Waals surface area (Å²) in [4.78, 5) is 2.81. The van der Waals surface area contributed by atoms with E-state index in [0.717, 1.165) is 6.42 Å². The number of thioether (sulfide) groups is 1. The van der Waals surface area contributed by atoms with E-state index in [1.165, 1.54) is 37.6 Å². The number of hydrogen-bond acceptors (Lipinski definition) is 1. The Kier molecular flexibility index (Phi) is 4.73. The average Bonchev–Trinajstić information content (AvgIpc) is 2.57. The number of rotatable bonds is 2. The van der Waals surface area contributed by atoms with Gasteiger partial charge in [-0.1, -0.05) is 92.7 Å². The topological polar surface area (TPSA) is 0 Å². The van der Waals surface area contributed by atoms with Crippen LogP contribution in [-0.4, -0.2) is 0 Å². The van der Waals surface area contributed by atoms with Crippen LogP contribution < -0.4 is 0 Å². The molecule has 1 heteroatoms. The zero-order valence-electron chi connectivity index (χ0n) is 15.3. The van der Waals surface area contributed by atoms with Gasteiger partial charge in [-0.2, -0.15) is 0 Å². The molecule has 2 aromatic rings. The van der Waals surface area contributed by atoms with E-state index in [2.05, 4.69) is 89.2 Å². The second-order valence-corrected chi connectivity index (χ2v) is 8.01. The van der Waals surface area contributed by atoms with Gasteiger partial charge in [-0.3, -0.25) is 0 Å². The van der Waals surface area contributed by atoms with Gasteiger partial charge in [0.05, 0.1) is 0 Å². The third-order valence-corrected chi connectivity index (χ3v) is 6.19. The fourth-order valence-corrected chi connectivity index (χ4v) is 5.01. The minimum atomic E-state index is 0.0408. The van der Waals surface area contributed by atoms with Gasteiger partial charge in [-0.25, -0.2) is 0 Å². The lowest BCUT2D eigenvalue weighted by molar-refractivity contribution is 0.615. The zero-order valence-corrected chi connectivity index (χ0v) is 16.1. The van der Waals surface area contributed by atoms with E-state index >= 15 is 0 Å². The molecule has 0 radical (unpaired) electrons. The predicted molar refractivity (Wildman–Crippen MR) is 108 cm³/mol. The molecule has 0 bridgehead atoms. The van der Waals surface area contributed by atoms with Crippen LogP contribution in [0.3, 0.4) is 0 Å². The first-order valence-electron chi connectivity index (χ1n) is 8.74. The predicted octanol–water partition coefficient (Wildman–Crippen LogP) is 7.29. The first-order chi connectivity index (χ1) is 11.5. The van der Waals surface area contributed by atoms with Gasteiger partial charge in [-0.15, -0.1) is 0 Å². The van der Waals surface area contributed by atoms with Crippen molar-refractivity contribution in [2.75, 3.05) is 0 Å². The highest BCUT2D eigenvalue weighted by Gasteiger charge is 2.35. The molecule has 0 fully saturated rings. The quantitative estimate of drug-likeness (QED) is 0.556. The SMILES string of the molecule is C/C=C1/Sc2c(-c3ccc(C)cc3)cccc2C(C)(C)/C1=C/CC. The molecule has 0 saturated heterocycles. The molecule has 0 N–H and O–H groups in total. The number of hydrogen-bond donors (Lipinski definition) is 0. The summed E-state index contributed by atoms with van der Waals surface area (Å²) in [6.45, 7) is 11.2. The summed E-state index contributed by atoms with van der Waals surface area (Å²) in [6, 6.07) is 15.7. The van der Waals surface area contributed by atoms with E-state index in [1.807, 2.05) is 11.8 Å². The molecule has 1 heterocycles. The van der Waals surface area contributed by atoms with Gasteiger partial charge < -0.3 is 0 Å². The first-order valence-corrected chi connectivity index (χ1v) is 9.56. The van der Waals surface area contributed by atoms with E-state index in [9.17, 15) is 0 Å². The van der Waals surface area contributed by atoms with Gasteiger partial charge >= 0.3 is 0 Å². The molecular formula is C23H26S. The maximum absolute atomic E-state index is 2.39. The molecule has 0 saturated carbocycles. The summed E-state index contributed by atoms with van der Waals surface area (Å²) in [5.74, 6) is 0. The normalized spacial score (nSPS) is 19.5. The first kappa shape index (κ1) is 17.1. The van der Waals surface area contributed by atoms with Crippen LogP contribution in [0.4, 0.5) is 0 Å². The molecule has 3 rings (SSSR count). The van der Waals surface area contributed by atoms with Crippen LogP contribution in [0, 0.1) is 6.92 Å². The Hall–Kier alpha value is -1.73. The van der Waals surface area contributed by atoms with E-state index < -0.39 is 0 Å². The third-order valence-electron chi connectivity index (χ3n) is 4.87. The van der Waals surface area contributed by atoms with Gasteiger partial charge in [0.15, 0.2) is 0 Å². The van der Waals surface area contributed by atoms with Gasteiger partial charge in [0.2, 0.25) is 0 Å². The lowest BCUT2D eigenvalue weighted by Gasteiger charge is -2.37. The van der Waals surface area contributed by atoms with Crippen molar-refractivity contribution in [2.45, 2.75) is 51.3 Å². The maximum atomic E-state index is 2.39. The summed E-state index contributed by atoms with van der Waals surface area (Å²) in [5.41, 5.74) is 6.90. The Morgan fingerprint density at radius 2 is 1.75 bits per heavy atom. The third kappa shape index (κ3) is 2.86. The van der Waals surface area contributed by atoms with Gasteiger partial charge in [-0.05, 0) is 42.5 Å². The molecule has 0 nitrogen and oxygen atoms in total. The van der Waals surface area contributed by atoms with Gasteiger partial charge in [0, 0.05) is 15.2 Å². The Labute approximate surface area is 150 Å². The minimum absolute atomic E-state index is 0.0408. The molecule has 124 valence electrons. The Morgan fingerprint density at radius 3 is 2.38 bits per heavy atom. The van der Waals surface area contributed by atoms with Crippen LogP contribution in [-0.2, 0) is 5.41 Å². The smallest absolute Gasteiger partial charge is 0.0241 e. The van der Waals surface area contributed by atoms with E-state index in [-0.39, 0.29) is 5.41 Å². The van der Waals surface area contributed by atoms with Crippen molar-refractivity contribution in [3.63, 3.8) is 0 Å². The van der Waals surface area contributed by atoms with Crippen LogP contribution in [0.2, 0.25) is 0 Å². The highest BCUT2D eigenvalue weighted by molar-refractivity contribution is 8.03. The van der Waals surface area contributed by atoms with E-state index in [4.69, 9.17) is 0 Å². The average molecular weight is 335 g/mol. The van der Waals surface area contributed by atoms with Gasteiger partial charge in [0.1, 0.15) is 0 Å². The van der Waals surface area contributed by atoms with Crippen molar-refractivity contribution < 1.29 is 0 Å². The van der Waals surface area contributed by atoms with Crippen molar-refractivity contribution in [1.82, 2.24) is 0 Å². The van der Waals surface area contributed by atoms with E-state index in [0.29, 0.717) is 0 Å². The molecule has 0 aromatic heterocycles. The molecular weight excluding hydrogens is 308 g/mol. The molecule has 2 aromatic carbocycles. The second-order valence-electron chi connectivity index (χ2n) is 6.95. The van der Waals surface area contributed by atoms with Crippen LogP contribution in [0.25, 0.3) is 11.1 Å².